The molecule has 3 atom stereocenters. The van der Waals surface area contributed by atoms with Crippen molar-refractivity contribution < 1.29 is 32.2 Å². The normalized spacial score (nSPS) is 15.2. The SMILES string of the molecule is Cc1ccc2oc(/C(C#N)=c3/c4c(C(C)C)n(B5Oc6ccccc6O5)/c(=C(/C#N)c5nc6cc(C)ccc6o5)c4c(-c4cc(OCC(CCC(C)CC(C)(C)C)C(C)CC(C)(C)C)ccc4C)n3B3Oc4ccccc4O3)nc2c1. The molecule has 0 N–H and O–H groups in total. The Morgan fingerprint density at radius 1 is 0.605 bits per heavy atom. The Bertz CT molecular complexity index is 3970. The summed E-state index contributed by atoms with van der Waals surface area (Å²) in [4.78, 5) is 10.1. The number of nitriles is 2. The molecule has 0 saturated heterocycles. The number of hydrogen-bond donors (Lipinski definition) is 0. The summed E-state index contributed by atoms with van der Waals surface area (Å²) in [6, 6.07) is 37.8. The van der Waals surface area contributed by atoms with Crippen molar-refractivity contribution in [1.82, 2.24) is 18.9 Å². The minimum Gasteiger partial charge on any atom is -0.503 e. The van der Waals surface area contributed by atoms with Crippen molar-refractivity contribution in [2.24, 2.45) is 28.6 Å². The van der Waals surface area contributed by atoms with E-state index >= 15 is 0 Å². The Morgan fingerprint density at radius 2 is 1.10 bits per heavy atom. The van der Waals surface area contributed by atoms with Crippen molar-refractivity contribution in [3.05, 3.63) is 148 Å². The fourth-order valence-corrected chi connectivity index (χ4v) is 12.3. The highest BCUT2D eigenvalue weighted by molar-refractivity contribution is 6.49. The Balaban J connectivity index is 1.25. The van der Waals surface area contributed by atoms with Crippen molar-refractivity contribution in [3.63, 3.8) is 0 Å². The molecule has 0 radical (unpaired) electrons. The molecule has 9 aromatic rings. The van der Waals surface area contributed by atoms with Crippen LogP contribution >= 0.6 is 0 Å². The van der Waals surface area contributed by atoms with E-state index in [0.717, 1.165) is 47.9 Å². The largest absolute Gasteiger partial charge is 0.743 e. The Hall–Kier alpha value is -8.29. The zero-order valence-electron chi connectivity index (χ0n) is 48.9. The quantitative estimate of drug-likeness (QED) is 0.0901. The molecule has 11 rings (SSSR count). The lowest BCUT2D eigenvalue weighted by Crippen LogP contribution is -2.45. The number of benzene rings is 5. The standard InChI is InChI=1S/C66H70B2N6O7/c1-38(2)59-57-58(62(73(59)67-78-53-18-14-15-19-54(53)79-67)48(36-70)64-72-50-31-40(4)24-29-52(50)77-64)60(46-32-45(27-25-42(46)6)75-37-44(43(7)34-66(11,12)13)26-22-41(5)33-65(8,9)10)74(68-80-55-20-16-17-21-56(55)81-68)61(57)47(35-69)63-71-49-30-39(3)23-28-51(49)76-63/h14-21,23-25,27-32,38,41,43-44H,22,26,33-34,37H2,1-13H3/b61-47-,62-48-. The van der Waals surface area contributed by atoms with Gasteiger partial charge in [0.2, 0.25) is 11.8 Å². The number of fused-ring (bicyclic) bond motifs is 5. The molecule has 0 aliphatic carbocycles. The van der Waals surface area contributed by atoms with Crippen LogP contribution in [0.5, 0.6) is 28.7 Å². The summed E-state index contributed by atoms with van der Waals surface area (Å²) < 4.78 is 51.6. The summed E-state index contributed by atoms with van der Waals surface area (Å²) in [6.07, 6.45) is 4.33. The molecule has 3 unspecified atom stereocenters. The summed E-state index contributed by atoms with van der Waals surface area (Å²) >= 11 is 0. The fraction of sp³-hybridized carbons (Fsp3) is 0.364. The van der Waals surface area contributed by atoms with E-state index in [-0.39, 0.29) is 45.6 Å². The zero-order chi connectivity index (χ0) is 57.2. The number of ether oxygens (including phenoxy) is 1. The molecule has 15 heteroatoms. The highest BCUT2D eigenvalue weighted by atomic mass is 16.7. The number of nitrogens with zero attached hydrogens (tertiary/aromatic N) is 6. The first-order chi connectivity index (χ1) is 38.7. The monoisotopic (exact) mass is 1080 g/mol. The van der Waals surface area contributed by atoms with E-state index in [9.17, 15) is 10.5 Å². The van der Waals surface area contributed by atoms with Crippen molar-refractivity contribution in [2.75, 3.05) is 6.61 Å². The van der Waals surface area contributed by atoms with E-state index in [1.54, 1.807) is 0 Å². The number of hydrogen-bond acceptors (Lipinski definition) is 11. The minimum atomic E-state index is -1.20. The first-order valence-corrected chi connectivity index (χ1v) is 28.4. The maximum atomic E-state index is 11.9. The molecule has 0 fully saturated rings. The first kappa shape index (κ1) is 54.7. The third-order valence-corrected chi connectivity index (χ3v) is 15.6. The number of aryl methyl sites for hydroxylation is 3. The lowest BCUT2D eigenvalue weighted by atomic mass is 9.76. The molecule has 6 heterocycles. The molecule has 81 heavy (non-hydrogen) atoms. The number of oxazole rings is 2. The Kier molecular flexibility index (Phi) is 14.4. The molecule has 2 aliphatic heterocycles. The maximum absolute atomic E-state index is 11.9. The van der Waals surface area contributed by atoms with E-state index in [0.29, 0.717) is 102 Å². The van der Waals surface area contributed by atoms with Crippen molar-refractivity contribution >= 4 is 58.6 Å². The van der Waals surface area contributed by atoms with Gasteiger partial charge in [0.05, 0.1) is 23.0 Å². The fourth-order valence-electron chi connectivity index (χ4n) is 12.3. The van der Waals surface area contributed by atoms with Crippen LogP contribution in [0.25, 0.3) is 55.4 Å². The van der Waals surface area contributed by atoms with Gasteiger partial charge in [-0.2, -0.15) is 10.5 Å². The van der Waals surface area contributed by atoms with Crippen LogP contribution in [0.4, 0.5) is 0 Å². The molecule has 0 bridgehead atoms. The van der Waals surface area contributed by atoms with Crippen LogP contribution in [-0.2, 0) is 0 Å². The topological polar surface area (TPSA) is 156 Å². The summed E-state index contributed by atoms with van der Waals surface area (Å²) in [6.45, 7) is 29.3. The second-order valence-corrected chi connectivity index (χ2v) is 25.2. The third kappa shape index (κ3) is 10.7. The van der Waals surface area contributed by atoms with Crippen molar-refractivity contribution in [2.45, 2.75) is 122 Å². The Morgan fingerprint density at radius 3 is 1.58 bits per heavy atom. The van der Waals surface area contributed by atoms with E-state index in [4.69, 9.17) is 42.2 Å². The van der Waals surface area contributed by atoms with Gasteiger partial charge in [0, 0.05) is 22.0 Å². The molecule has 412 valence electrons. The van der Waals surface area contributed by atoms with Crippen LogP contribution in [0.3, 0.4) is 0 Å². The second kappa shape index (κ2) is 21.3. The highest BCUT2D eigenvalue weighted by Gasteiger charge is 2.46. The van der Waals surface area contributed by atoms with Crippen LogP contribution in [0, 0.1) is 72.0 Å². The van der Waals surface area contributed by atoms with Gasteiger partial charge in [-0.3, -0.25) is 0 Å². The van der Waals surface area contributed by atoms with Crippen LogP contribution in [0.1, 0.15) is 135 Å². The maximum Gasteiger partial charge on any atom is 0.743 e. The van der Waals surface area contributed by atoms with Crippen LogP contribution in [-0.4, -0.2) is 40.0 Å². The van der Waals surface area contributed by atoms with Crippen molar-refractivity contribution in [1.29, 1.82) is 10.5 Å². The van der Waals surface area contributed by atoms with Gasteiger partial charge in [-0.05, 0) is 152 Å². The van der Waals surface area contributed by atoms with Gasteiger partial charge in [0.15, 0.2) is 11.2 Å². The molecule has 0 amide bonds. The zero-order valence-corrected chi connectivity index (χ0v) is 48.9. The average Bonchev–Trinajstić information content (AvgIpc) is 4.07. The molecule has 13 nitrogen and oxygen atoms in total. The summed E-state index contributed by atoms with van der Waals surface area (Å²) in [5.41, 5.74) is 7.57. The molecule has 4 aromatic heterocycles. The van der Waals surface area contributed by atoms with Crippen LogP contribution < -0.4 is 34.1 Å². The van der Waals surface area contributed by atoms with Gasteiger partial charge in [-0.15, -0.1) is 0 Å². The second-order valence-electron chi connectivity index (χ2n) is 25.2. The molecule has 0 spiro atoms. The summed E-state index contributed by atoms with van der Waals surface area (Å²) in [5.74, 6) is 3.83. The lowest BCUT2D eigenvalue weighted by molar-refractivity contribution is 0.147. The predicted octanol–water partition coefficient (Wildman–Crippen LogP) is 14.4. The number of aromatic nitrogens is 4. The minimum absolute atomic E-state index is 0.0884. The van der Waals surface area contributed by atoms with Gasteiger partial charge >= 0.3 is 14.5 Å². The first-order valence-electron chi connectivity index (χ1n) is 28.4. The number of rotatable bonds is 15. The molecule has 5 aromatic carbocycles. The smallest absolute Gasteiger partial charge is 0.503 e. The molecule has 2 aliphatic rings. The Labute approximate surface area is 475 Å². The van der Waals surface area contributed by atoms with Gasteiger partial charge in [0.1, 0.15) is 63.1 Å². The van der Waals surface area contributed by atoms with Gasteiger partial charge < -0.3 is 41.1 Å². The van der Waals surface area contributed by atoms with Gasteiger partial charge in [-0.25, -0.2) is 9.97 Å². The summed E-state index contributed by atoms with van der Waals surface area (Å²) in [5, 5.41) is 25.7. The molecular formula is C66H70B2N6O7. The van der Waals surface area contributed by atoms with Crippen molar-refractivity contribution in [3.8, 4) is 52.1 Å². The van der Waals surface area contributed by atoms with Crippen LogP contribution in [0.15, 0.2) is 112 Å². The van der Waals surface area contributed by atoms with Gasteiger partial charge in [-0.1, -0.05) is 118 Å². The average molecular weight is 1080 g/mol. The number of para-hydroxylation sites is 4. The molecular weight excluding hydrogens is 1010 g/mol. The van der Waals surface area contributed by atoms with E-state index in [1.165, 1.54) is 0 Å². The predicted molar refractivity (Wildman–Crippen MR) is 320 cm³/mol. The molecule has 0 saturated carbocycles. The van der Waals surface area contributed by atoms with E-state index in [2.05, 4.69) is 93.5 Å². The highest BCUT2D eigenvalue weighted by Crippen LogP contribution is 2.43. The van der Waals surface area contributed by atoms with Crippen LogP contribution in [0.2, 0.25) is 0 Å². The summed E-state index contributed by atoms with van der Waals surface area (Å²) in [7, 11) is -2.33. The lowest BCUT2D eigenvalue weighted by Gasteiger charge is -2.31. The third-order valence-electron chi connectivity index (χ3n) is 15.6. The van der Waals surface area contributed by atoms with Gasteiger partial charge in [0.25, 0.3) is 0 Å². The van der Waals surface area contributed by atoms with E-state index in [1.807, 2.05) is 121 Å². The van der Waals surface area contributed by atoms with E-state index < -0.39 is 14.5 Å².